The van der Waals surface area contributed by atoms with E-state index in [2.05, 4.69) is 5.32 Å². The zero-order valence-electron chi connectivity index (χ0n) is 11.1. The van der Waals surface area contributed by atoms with Crippen molar-refractivity contribution in [1.29, 1.82) is 0 Å². The average molecular weight is 262 g/mol. The Hall–Kier alpha value is -1.88. The molecule has 2 atom stereocenters. The first-order chi connectivity index (χ1) is 9.13. The van der Waals surface area contributed by atoms with E-state index in [1.807, 2.05) is 37.3 Å². The SMILES string of the molecule is COCC(=O)NC1CC(C)N(c2ccccc2)C1=O. The molecule has 5 nitrogen and oxygen atoms in total. The second kappa shape index (κ2) is 5.84. The summed E-state index contributed by atoms with van der Waals surface area (Å²) in [5.74, 6) is -0.328. The molecule has 1 aromatic rings. The average Bonchev–Trinajstić information content (AvgIpc) is 2.66. The molecule has 0 spiro atoms. The number of methoxy groups -OCH3 is 1. The van der Waals surface area contributed by atoms with Crippen LogP contribution in [-0.2, 0) is 14.3 Å². The number of ether oxygens (including phenoxy) is 1. The van der Waals surface area contributed by atoms with Gasteiger partial charge < -0.3 is 15.0 Å². The summed E-state index contributed by atoms with van der Waals surface area (Å²) in [7, 11) is 1.45. The fourth-order valence-electron chi connectivity index (χ4n) is 2.39. The Morgan fingerprint density at radius 2 is 2.11 bits per heavy atom. The first-order valence-electron chi connectivity index (χ1n) is 6.30. The van der Waals surface area contributed by atoms with Crippen molar-refractivity contribution >= 4 is 17.5 Å². The molecule has 1 aliphatic heterocycles. The highest BCUT2D eigenvalue weighted by atomic mass is 16.5. The Kier molecular flexibility index (Phi) is 4.16. The molecule has 1 aliphatic rings. The van der Waals surface area contributed by atoms with Gasteiger partial charge in [0.05, 0.1) is 0 Å². The molecule has 1 heterocycles. The van der Waals surface area contributed by atoms with Crippen LogP contribution >= 0.6 is 0 Å². The van der Waals surface area contributed by atoms with Gasteiger partial charge in [-0.3, -0.25) is 9.59 Å². The molecule has 102 valence electrons. The lowest BCUT2D eigenvalue weighted by molar-refractivity contribution is -0.128. The zero-order chi connectivity index (χ0) is 13.8. The van der Waals surface area contributed by atoms with Crippen LogP contribution in [0.4, 0.5) is 5.69 Å². The first-order valence-corrected chi connectivity index (χ1v) is 6.30. The molecule has 2 amide bonds. The van der Waals surface area contributed by atoms with Crippen molar-refractivity contribution in [2.24, 2.45) is 0 Å². The van der Waals surface area contributed by atoms with E-state index < -0.39 is 6.04 Å². The summed E-state index contributed by atoms with van der Waals surface area (Å²) in [5.41, 5.74) is 0.864. The summed E-state index contributed by atoms with van der Waals surface area (Å²) >= 11 is 0. The van der Waals surface area contributed by atoms with Gasteiger partial charge in [-0.25, -0.2) is 0 Å². The van der Waals surface area contributed by atoms with E-state index in [0.717, 1.165) is 5.69 Å². The second-order valence-corrected chi connectivity index (χ2v) is 4.68. The van der Waals surface area contributed by atoms with E-state index in [4.69, 9.17) is 4.74 Å². The Labute approximate surface area is 112 Å². The minimum atomic E-state index is -0.460. The molecule has 2 unspecified atom stereocenters. The van der Waals surface area contributed by atoms with Gasteiger partial charge >= 0.3 is 0 Å². The van der Waals surface area contributed by atoms with Crippen LogP contribution in [0.3, 0.4) is 0 Å². The molecule has 0 bridgehead atoms. The van der Waals surface area contributed by atoms with Crippen molar-refractivity contribution in [2.75, 3.05) is 18.6 Å². The van der Waals surface area contributed by atoms with E-state index in [-0.39, 0.29) is 24.5 Å². The maximum absolute atomic E-state index is 12.3. The number of nitrogens with zero attached hydrogens (tertiary/aromatic N) is 1. The van der Waals surface area contributed by atoms with Crippen LogP contribution in [0.1, 0.15) is 13.3 Å². The van der Waals surface area contributed by atoms with Crippen LogP contribution < -0.4 is 10.2 Å². The summed E-state index contributed by atoms with van der Waals surface area (Å²) in [6.45, 7) is 1.96. The van der Waals surface area contributed by atoms with Crippen molar-refractivity contribution in [1.82, 2.24) is 5.32 Å². The predicted molar refractivity (Wildman–Crippen MR) is 71.8 cm³/mol. The smallest absolute Gasteiger partial charge is 0.249 e. The van der Waals surface area contributed by atoms with Gasteiger partial charge in [0.25, 0.3) is 0 Å². The van der Waals surface area contributed by atoms with Gasteiger partial charge in [0.15, 0.2) is 0 Å². The summed E-state index contributed by atoms with van der Waals surface area (Å²) in [6.07, 6.45) is 0.614. The molecular formula is C14H18N2O3. The van der Waals surface area contributed by atoms with Gasteiger partial charge in [-0.2, -0.15) is 0 Å². The van der Waals surface area contributed by atoms with E-state index >= 15 is 0 Å². The summed E-state index contributed by atoms with van der Waals surface area (Å²) in [5, 5.41) is 2.70. The molecule has 0 aliphatic carbocycles. The number of anilines is 1. The number of rotatable bonds is 4. The zero-order valence-corrected chi connectivity index (χ0v) is 11.1. The van der Waals surface area contributed by atoms with Gasteiger partial charge in [-0.05, 0) is 25.5 Å². The fraction of sp³-hybridized carbons (Fsp3) is 0.429. The molecule has 2 rings (SSSR count). The highest BCUT2D eigenvalue weighted by Gasteiger charge is 2.38. The molecule has 0 saturated carbocycles. The van der Waals surface area contributed by atoms with Crippen LogP contribution in [0.25, 0.3) is 0 Å². The highest BCUT2D eigenvalue weighted by Crippen LogP contribution is 2.26. The minimum absolute atomic E-state index is 0.0243. The number of hydrogen-bond donors (Lipinski definition) is 1. The van der Waals surface area contributed by atoms with Crippen LogP contribution in [0.15, 0.2) is 30.3 Å². The monoisotopic (exact) mass is 262 g/mol. The van der Waals surface area contributed by atoms with E-state index in [1.165, 1.54) is 7.11 Å². The van der Waals surface area contributed by atoms with Crippen LogP contribution in [0.2, 0.25) is 0 Å². The second-order valence-electron chi connectivity index (χ2n) is 4.68. The summed E-state index contributed by atoms with van der Waals surface area (Å²) in [6, 6.07) is 9.10. The van der Waals surface area contributed by atoms with Crippen LogP contribution in [0.5, 0.6) is 0 Å². The molecule has 5 heteroatoms. The van der Waals surface area contributed by atoms with E-state index in [9.17, 15) is 9.59 Å². The highest BCUT2D eigenvalue weighted by molar-refractivity contribution is 6.02. The molecule has 0 radical (unpaired) electrons. The molecule has 1 saturated heterocycles. The number of carbonyl (C=O) groups is 2. The third-order valence-electron chi connectivity index (χ3n) is 3.20. The van der Waals surface area contributed by atoms with Gasteiger partial charge in [-0.1, -0.05) is 18.2 Å². The maximum atomic E-state index is 12.3. The third-order valence-corrected chi connectivity index (χ3v) is 3.20. The normalized spacial score (nSPS) is 22.6. The standard InChI is InChI=1S/C14H18N2O3/c1-10-8-12(15-13(17)9-19-2)14(18)16(10)11-6-4-3-5-7-11/h3-7,10,12H,8-9H2,1-2H3,(H,15,17). The van der Waals surface area contributed by atoms with Crippen LogP contribution in [0, 0.1) is 0 Å². The lowest BCUT2D eigenvalue weighted by Gasteiger charge is -2.21. The molecule has 19 heavy (non-hydrogen) atoms. The number of amides is 2. The van der Waals surface area contributed by atoms with E-state index in [0.29, 0.717) is 6.42 Å². The largest absolute Gasteiger partial charge is 0.375 e. The van der Waals surface area contributed by atoms with Crippen molar-refractivity contribution in [2.45, 2.75) is 25.4 Å². The first kappa shape index (κ1) is 13.5. The Balaban J connectivity index is 2.09. The van der Waals surface area contributed by atoms with Gasteiger partial charge in [-0.15, -0.1) is 0 Å². The lowest BCUT2D eigenvalue weighted by atomic mass is 10.2. The van der Waals surface area contributed by atoms with Crippen molar-refractivity contribution < 1.29 is 14.3 Å². The predicted octanol–water partition coefficient (Wildman–Crippen LogP) is 0.943. The topological polar surface area (TPSA) is 58.6 Å². The Bertz CT molecular complexity index is 461. The van der Waals surface area contributed by atoms with Crippen molar-refractivity contribution in [3.8, 4) is 0 Å². The van der Waals surface area contributed by atoms with Gasteiger partial charge in [0, 0.05) is 18.8 Å². The van der Waals surface area contributed by atoms with Gasteiger partial charge in [0.1, 0.15) is 12.6 Å². The third kappa shape index (κ3) is 2.93. The molecule has 1 fully saturated rings. The molecular weight excluding hydrogens is 244 g/mol. The molecule has 0 aromatic heterocycles. The molecule has 1 aromatic carbocycles. The summed E-state index contributed by atoms with van der Waals surface area (Å²) in [4.78, 5) is 25.5. The number of carbonyl (C=O) groups excluding carboxylic acids is 2. The maximum Gasteiger partial charge on any atom is 0.249 e. The number of benzene rings is 1. The number of para-hydroxylation sites is 1. The Morgan fingerprint density at radius 1 is 1.42 bits per heavy atom. The summed E-state index contributed by atoms with van der Waals surface area (Å²) < 4.78 is 4.75. The van der Waals surface area contributed by atoms with Gasteiger partial charge in [0.2, 0.25) is 11.8 Å². The quantitative estimate of drug-likeness (QED) is 0.878. The number of hydrogen-bond acceptors (Lipinski definition) is 3. The number of nitrogens with one attached hydrogen (secondary N) is 1. The van der Waals surface area contributed by atoms with Crippen molar-refractivity contribution in [3.63, 3.8) is 0 Å². The minimum Gasteiger partial charge on any atom is -0.375 e. The Morgan fingerprint density at radius 3 is 2.74 bits per heavy atom. The fourth-order valence-corrected chi connectivity index (χ4v) is 2.39. The lowest BCUT2D eigenvalue weighted by Crippen LogP contribution is -2.43. The van der Waals surface area contributed by atoms with E-state index in [1.54, 1.807) is 4.90 Å². The van der Waals surface area contributed by atoms with Crippen molar-refractivity contribution in [3.05, 3.63) is 30.3 Å². The van der Waals surface area contributed by atoms with Crippen LogP contribution in [-0.4, -0.2) is 37.6 Å². The molecule has 1 N–H and O–H groups in total.